The topological polar surface area (TPSA) is 67.2 Å². The first-order valence-corrected chi connectivity index (χ1v) is 9.49. The number of carbonyl (C=O) groups excluding carboxylic acids is 1. The van der Waals surface area contributed by atoms with E-state index in [1.54, 1.807) is 28.4 Å². The Morgan fingerprint density at radius 2 is 1.96 bits per heavy atom. The van der Waals surface area contributed by atoms with E-state index in [1.807, 2.05) is 41.6 Å². The van der Waals surface area contributed by atoms with Gasteiger partial charge in [0.25, 0.3) is 5.91 Å². The molecule has 0 radical (unpaired) electrons. The molecule has 1 amide bonds. The minimum atomic E-state index is -0.0146. The summed E-state index contributed by atoms with van der Waals surface area (Å²) < 4.78 is 1.78. The Morgan fingerprint density at radius 1 is 1.12 bits per heavy atom. The average Bonchev–Trinajstić information content (AvgIpc) is 3.25. The van der Waals surface area contributed by atoms with E-state index < -0.39 is 0 Å². The van der Waals surface area contributed by atoms with Gasteiger partial charge in [-0.1, -0.05) is 6.07 Å². The van der Waals surface area contributed by atoms with Crippen LogP contribution in [0.4, 0.5) is 5.95 Å². The van der Waals surface area contributed by atoms with E-state index in [2.05, 4.69) is 20.0 Å². The van der Waals surface area contributed by atoms with Crippen LogP contribution in [-0.4, -0.2) is 56.7 Å². The molecule has 4 rings (SSSR count). The fraction of sp³-hybridized carbons (Fsp3) is 0.333. The minimum absolute atomic E-state index is 0.0146. The number of hydrogen-bond donors (Lipinski definition) is 0. The van der Waals surface area contributed by atoms with Crippen LogP contribution < -0.4 is 4.90 Å². The molecule has 0 spiro atoms. The van der Waals surface area contributed by atoms with Gasteiger partial charge in [0.2, 0.25) is 5.95 Å². The fourth-order valence-electron chi connectivity index (χ4n) is 3.16. The number of hydrogen-bond acceptors (Lipinski definition) is 6. The maximum absolute atomic E-state index is 12.9. The summed E-state index contributed by atoms with van der Waals surface area (Å²) in [7, 11) is 1.88. The Kier molecular flexibility index (Phi) is 4.66. The highest BCUT2D eigenvalue weighted by Crippen LogP contribution is 2.25. The van der Waals surface area contributed by atoms with Crippen molar-refractivity contribution in [3.05, 3.63) is 47.7 Å². The normalized spacial score (nSPS) is 15.1. The van der Waals surface area contributed by atoms with E-state index in [-0.39, 0.29) is 5.91 Å². The molecule has 1 aliphatic rings. The Hall–Kier alpha value is -2.74. The fourth-order valence-corrected chi connectivity index (χ4v) is 3.94. The first-order valence-electron chi connectivity index (χ1n) is 8.61. The summed E-state index contributed by atoms with van der Waals surface area (Å²) in [6.07, 6.45) is 4.38. The van der Waals surface area contributed by atoms with Gasteiger partial charge in [0.15, 0.2) is 5.69 Å². The van der Waals surface area contributed by atoms with Gasteiger partial charge in [0.1, 0.15) is 0 Å². The summed E-state index contributed by atoms with van der Waals surface area (Å²) in [4.78, 5) is 26.7. The van der Waals surface area contributed by atoms with Crippen molar-refractivity contribution in [1.29, 1.82) is 0 Å². The molecule has 0 saturated carbocycles. The van der Waals surface area contributed by atoms with Crippen LogP contribution in [0.25, 0.3) is 10.6 Å². The van der Waals surface area contributed by atoms with Crippen LogP contribution in [0.3, 0.4) is 0 Å². The maximum atomic E-state index is 12.9. The third-order valence-electron chi connectivity index (χ3n) is 4.49. The van der Waals surface area contributed by atoms with Crippen LogP contribution in [0.2, 0.25) is 0 Å². The zero-order valence-electron chi connectivity index (χ0n) is 14.6. The molecular formula is C18H20N6OS. The molecule has 26 heavy (non-hydrogen) atoms. The Balaban J connectivity index is 1.48. The van der Waals surface area contributed by atoms with Crippen molar-refractivity contribution in [3.63, 3.8) is 0 Å². The molecule has 7 nitrogen and oxygen atoms in total. The molecule has 8 heteroatoms. The smallest absolute Gasteiger partial charge is 0.274 e. The molecule has 1 aliphatic heterocycles. The molecule has 1 fully saturated rings. The van der Waals surface area contributed by atoms with Gasteiger partial charge in [-0.3, -0.25) is 9.48 Å². The second-order valence-corrected chi connectivity index (χ2v) is 7.15. The molecule has 0 N–H and O–H groups in total. The quantitative estimate of drug-likeness (QED) is 0.710. The van der Waals surface area contributed by atoms with Crippen molar-refractivity contribution in [2.75, 3.05) is 31.1 Å². The standard InChI is InChI=1S/C18H20N6OS/c1-22-15(16-5-2-12-26-16)13-14(21-22)17(25)23-8-4-9-24(11-10-23)18-19-6-3-7-20-18/h2-3,5-7,12-13H,4,8-11H2,1H3. The summed E-state index contributed by atoms with van der Waals surface area (Å²) in [5.74, 6) is 0.707. The first-order chi connectivity index (χ1) is 12.7. The summed E-state index contributed by atoms with van der Waals surface area (Å²) in [5, 5.41) is 6.47. The molecule has 134 valence electrons. The van der Waals surface area contributed by atoms with Gasteiger partial charge in [0, 0.05) is 45.6 Å². The van der Waals surface area contributed by atoms with Gasteiger partial charge in [0.05, 0.1) is 10.6 Å². The number of carbonyl (C=O) groups is 1. The third-order valence-corrected chi connectivity index (χ3v) is 5.38. The van der Waals surface area contributed by atoms with Crippen LogP contribution in [0.5, 0.6) is 0 Å². The lowest BCUT2D eigenvalue weighted by molar-refractivity contribution is 0.0760. The number of nitrogens with zero attached hydrogens (tertiary/aromatic N) is 6. The molecule has 0 bridgehead atoms. The average molecular weight is 368 g/mol. The summed E-state index contributed by atoms with van der Waals surface area (Å²) in [6, 6.07) is 7.74. The Morgan fingerprint density at radius 3 is 2.73 bits per heavy atom. The van der Waals surface area contributed by atoms with Crippen LogP contribution in [0.1, 0.15) is 16.9 Å². The molecule has 3 aromatic rings. The predicted molar refractivity (Wildman–Crippen MR) is 101 cm³/mol. The minimum Gasteiger partial charge on any atom is -0.339 e. The summed E-state index contributed by atoms with van der Waals surface area (Å²) >= 11 is 1.65. The van der Waals surface area contributed by atoms with E-state index in [0.29, 0.717) is 18.8 Å². The molecule has 3 aromatic heterocycles. The highest BCUT2D eigenvalue weighted by atomic mass is 32.1. The Labute approximate surface area is 155 Å². The van der Waals surface area contributed by atoms with Crippen LogP contribution in [0.15, 0.2) is 42.0 Å². The van der Waals surface area contributed by atoms with Crippen LogP contribution in [0, 0.1) is 0 Å². The van der Waals surface area contributed by atoms with Gasteiger partial charge in [-0.15, -0.1) is 11.3 Å². The third kappa shape index (κ3) is 3.32. The van der Waals surface area contributed by atoms with E-state index >= 15 is 0 Å². The molecular weight excluding hydrogens is 348 g/mol. The number of thiophene rings is 1. The largest absolute Gasteiger partial charge is 0.339 e. The summed E-state index contributed by atoms with van der Waals surface area (Å²) in [5.41, 5.74) is 1.47. The highest BCUT2D eigenvalue weighted by molar-refractivity contribution is 7.13. The SMILES string of the molecule is Cn1nc(C(=O)N2CCCN(c3ncccn3)CC2)cc1-c1cccs1. The zero-order chi connectivity index (χ0) is 17.9. The molecule has 1 saturated heterocycles. The van der Waals surface area contributed by atoms with Crippen molar-refractivity contribution < 1.29 is 4.79 Å². The molecule has 0 aromatic carbocycles. The summed E-state index contributed by atoms with van der Waals surface area (Å²) in [6.45, 7) is 2.92. The van der Waals surface area contributed by atoms with Gasteiger partial charge in [-0.2, -0.15) is 5.10 Å². The lowest BCUT2D eigenvalue weighted by Gasteiger charge is -2.21. The lowest BCUT2D eigenvalue weighted by Crippen LogP contribution is -2.35. The van der Waals surface area contributed by atoms with Crippen LogP contribution >= 0.6 is 11.3 Å². The number of anilines is 1. The van der Waals surface area contributed by atoms with E-state index in [4.69, 9.17) is 0 Å². The molecule has 0 aliphatic carbocycles. The van der Waals surface area contributed by atoms with Crippen molar-refractivity contribution in [1.82, 2.24) is 24.6 Å². The van der Waals surface area contributed by atoms with Crippen molar-refractivity contribution in [2.24, 2.45) is 7.05 Å². The van der Waals surface area contributed by atoms with Crippen molar-refractivity contribution in [3.8, 4) is 10.6 Å². The van der Waals surface area contributed by atoms with Crippen molar-refractivity contribution >= 4 is 23.2 Å². The second-order valence-electron chi connectivity index (χ2n) is 6.20. The van der Waals surface area contributed by atoms with E-state index in [9.17, 15) is 4.79 Å². The van der Waals surface area contributed by atoms with E-state index in [0.717, 1.165) is 36.0 Å². The maximum Gasteiger partial charge on any atom is 0.274 e. The monoisotopic (exact) mass is 368 g/mol. The van der Waals surface area contributed by atoms with Crippen molar-refractivity contribution in [2.45, 2.75) is 6.42 Å². The highest BCUT2D eigenvalue weighted by Gasteiger charge is 2.24. The Bertz CT molecular complexity index is 876. The van der Waals surface area contributed by atoms with Gasteiger partial charge in [-0.25, -0.2) is 9.97 Å². The lowest BCUT2D eigenvalue weighted by atomic mass is 10.2. The molecule has 0 atom stereocenters. The zero-order valence-corrected chi connectivity index (χ0v) is 15.4. The van der Waals surface area contributed by atoms with Gasteiger partial charge >= 0.3 is 0 Å². The number of aryl methyl sites for hydroxylation is 1. The van der Waals surface area contributed by atoms with Crippen LogP contribution in [-0.2, 0) is 7.05 Å². The molecule has 4 heterocycles. The molecule has 0 unspecified atom stereocenters. The second kappa shape index (κ2) is 7.25. The number of aromatic nitrogens is 4. The van der Waals surface area contributed by atoms with Gasteiger partial charge < -0.3 is 9.80 Å². The predicted octanol–water partition coefficient (Wildman–Crippen LogP) is 2.29. The first kappa shape index (κ1) is 16.7. The number of amides is 1. The van der Waals surface area contributed by atoms with Gasteiger partial charge in [-0.05, 0) is 30.0 Å². The number of rotatable bonds is 3. The van der Waals surface area contributed by atoms with E-state index in [1.165, 1.54) is 0 Å².